The van der Waals surface area contributed by atoms with Crippen molar-refractivity contribution in [3.8, 4) is 0 Å². The van der Waals surface area contributed by atoms with E-state index in [0.717, 1.165) is 11.3 Å². The number of amides is 2. The van der Waals surface area contributed by atoms with Crippen LogP contribution in [0.4, 0.5) is 10.5 Å². The van der Waals surface area contributed by atoms with Gasteiger partial charge in [0.2, 0.25) is 0 Å². The average molecular weight is 249 g/mol. The maximum Gasteiger partial charge on any atom is 0.318 e. The molecule has 0 aliphatic carbocycles. The zero-order chi connectivity index (χ0) is 13.7. The van der Waals surface area contributed by atoms with Crippen LogP contribution in [0.5, 0.6) is 0 Å². The molecular weight excluding hydrogens is 226 g/mol. The van der Waals surface area contributed by atoms with E-state index in [1.54, 1.807) is 4.90 Å². The van der Waals surface area contributed by atoms with Gasteiger partial charge in [-0.15, -0.1) is 0 Å². The number of nitrogens with zero attached hydrogens (tertiary/aromatic N) is 1. The van der Waals surface area contributed by atoms with Gasteiger partial charge in [-0.3, -0.25) is 0 Å². The molecule has 4 nitrogen and oxygen atoms in total. The summed E-state index contributed by atoms with van der Waals surface area (Å²) in [5, 5.41) is 2.91. The Balaban J connectivity index is 2.77. The van der Waals surface area contributed by atoms with Crippen molar-refractivity contribution in [2.45, 2.75) is 46.3 Å². The Hall–Kier alpha value is -1.71. The van der Waals surface area contributed by atoms with Gasteiger partial charge in [-0.05, 0) is 45.4 Å². The summed E-state index contributed by atoms with van der Waals surface area (Å²) in [7, 11) is 0. The number of nitrogens with one attached hydrogen (secondary N) is 1. The molecule has 0 saturated carbocycles. The van der Waals surface area contributed by atoms with Crippen LogP contribution in [-0.4, -0.2) is 23.0 Å². The minimum atomic E-state index is -0.0394. The van der Waals surface area contributed by atoms with Crippen LogP contribution in [0.1, 0.15) is 33.3 Å². The van der Waals surface area contributed by atoms with Gasteiger partial charge in [-0.1, -0.05) is 12.1 Å². The maximum atomic E-state index is 12.1. The molecule has 1 aromatic carbocycles. The normalized spacial score (nSPS) is 10.8. The number of nitrogens with two attached hydrogens (primary N) is 1. The number of nitrogen functional groups attached to an aromatic ring is 1. The van der Waals surface area contributed by atoms with Crippen LogP contribution in [-0.2, 0) is 6.54 Å². The Morgan fingerprint density at radius 3 is 2.50 bits per heavy atom. The first kappa shape index (κ1) is 14.4. The van der Waals surface area contributed by atoms with E-state index in [1.165, 1.54) is 0 Å². The first-order valence-corrected chi connectivity index (χ1v) is 6.31. The second-order valence-corrected chi connectivity index (χ2v) is 5.07. The molecule has 0 radical (unpaired) electrons. The molecular formula is C14H23N3O. The molecule has 0 spiro atoms. The number of hydrogen-bond donors (Lipinski definition) is 2. The standard InChI is InChI=1S/C14H23N3O/c1-10(2)16-14(18)17(11(3)4)9-12-6-5-7-13(15)8-12/h5-8,10-11H,9,15H2,1-4H3,(H,16,18). The molecule has 0 aliphatic heterocycles. The number of carbonyl (C=O) groups is 1. The predicted molar refractivity (Wildman–Crippen MR) is 75.2 cm³/mol. The topological polar surface area (TPSA) is 58.4 Å². The lowest BCUT2D eigenvalue weighted by Gasteiger charge is -2.28. The fraction of sp³-hybridized carbons (Fsp3) is 0.500. The van der Waals surface area contributed by atoms with Gasteiger partial charge < -0.3 is 16.0 Å². The molecule has 4 heteroatoms. The summed E-state index contributed by atoms with van der Waals surface area (Å²) in [5.74, 6) is 0. The SMILES string of the molecule is CC(C)NC(=O)N(Cc1cccc(N)c1)C(C)C. The summed E-state index contributed by atoms with van der Waals surface area (Å²) in [6, 6.07) is 7.88. The summed E-state index contributed by atoms with van der Waals surface area (Å²) < 4.78 is 0. The molecule has 0 atom stereocenters. The highest BCUT2D eigenvalue weighted by molar-refractivity contribution is 5.74. The van der Waals surface area contributed by atoms with Crippen molar-refractivity contribution in [2.24, 2.45) is 0 Å². The molecule has 0 bridgehead atoms. The van der Waals surface area contributed by atoms with Gasteiger partial charge in [0.05, 0.1) is 0 Å². The molecule has 100 valence electrons. The molecule has 1 rings (SSSR count). The summed E-state index contributed by atoms with van der Waals surface area (Å²) in [6.45, 7) is 8.49. The molecule has 1 aromatic rings. The minimum absolute atomic E-state index is 0.0394. The lowest BCUT2D eigenvalue weighted by molar-refractivity contribution is 0.177. The van der Waals surface area contributed by atoms with E-state index in [4.69, 9.17) is 5.73 Å². The van der Waals surface area contributed by atoms with E-state index in [9.17, 15) is 4.79 Å². The second kappa shape index (κ2) is 6.28. The lowest BCUT2D eigenvalue weighted by atomic mass is 10.1. The van der Waals surface area contributed by atoms with Crippen LogP contribution < -0.4 is 11.1 Å². The molecule has 0 fully saturated rings. The number of urea groups is 1. The van der Waals surface area contributed by atoms with Crippen LogP contribution in [0.15, 0.2) is 24.3 Å². The average Bonchev–Trinajstić information content (AvgIpc) is 2.24. The number of benzene rings is 1. The van der Waals surface area contributed by atoms with Crippen molar-refractivity contribution >= 4 is 11.7 Å². The number of anilines is 1. The Labute approximate surface area is 109 Å². The first-order chi connectivity index (χ1) is 8.40. The van der Waals surface area contributed by atoms with Crippen LogP contribution in [0, 0.1) is 0 Å². The molecule has 0 saturated heterocycles. The monoisotopic (exact) mass is 249 g/mol. The fourth-order valence-electron chi connectivity index (χ4n) is 1.71. The predicted octanol–water partition coefficient (Wildman–Crippen LogP) is 2.60. The largest absolute Gasteiger partial charge is 0.399 e. The van der Waals surface area contributed by atoms with E-state index in [2.05, 4.69) is 5.32 Å². The van der Waals surface area contributed by atoms with E-state index >= 15 is 0 Å². The third-order valence-electron chi connectivity index (χ3n) is 2.60. The molecule has 18 heavy (non-hydrogen) atoms. The lowest BCUT2D eigenvalue weighted by Crippen LogP contribution is -2.45. The van der Waals surface area contributed by atoms with Gasteiger partial charge >= 0.3 is 6.03 Å². The van der Waals surface area contributed by atoms with Gasteiger partial charge in [0.15, 0.2) is 0 Å². The second-order valence-electron chi connectivity index (χ2n) is 5.07. The van der Waals surface area contributed by atoms with Crippen LogP contribution in [0.3, 0.4) is 0 Å². The van der Waals surface area contributed by atoms with E-state index in [0.29, 0.717) is 6.54 Å². The molecule has 0 heterocycles. The highest BCUT2D eigenvalue weighted by atomic mass is 16.2. The van der Waals surface area contributed by atoms with Crippen molar-refractivity contribution in [1.29, 1.82) is 0 Å². The third-order valence-corrected chi connectivity index (χ3v) is 2.60. The fourth-order valence-corrected chi connectivity index (χ4v) is 1.71. The smallest absolute Gasteiger partial charge is 0.318 e. The van der Waals surface area contributed by atoms with Crippen LogP contribution >= 0.6 is 0 Å². The zero-order valence-electron chi connectivity index (χ0n) is 11.6. The summed E-state index contributed by atoms with van der Waals surface area (Å²) in [6.07, 6.45) is 0. The van der Waals surface area contributed by atoms with Gasteiger partial charge in [0.1, 0.15) is 0 Å². The molecule has 0 aliphatic rings. The maximum absolute atomic E-state index is 12.1. The van der Waals surface area contributed by atoms with Crippen LogP contribution in [0.2, 0.25) is 0 Å². The molecule has 0 aromatic heterocycles. The Morgan fingerprint density at radius 1 is 1.33 bits per heavy atom. The van der Waals surface area contributed by atoms with Crippen molar-refractivity contribution in [3.05, 3.63) is 29.8 Å². The molecule has 0 unspecified atom stereocenters. The van der Waals surface area contributed by atoms with Crippen molar-refractivity contribution in [2.75, 3.05) is 5.73 Å². The highest BCUT2D eigenvalue weighted by Crippen LogP contribution is 2.12. The van der Waals surface area contributed by atoms with Crippen molar-refractivity contribution in [3.63, 3.8) is 0 Å². The summed E-state index contributed by atoms with van der Waals surface area (Å²) in [4.78, 5) is 13.9. The van der Waals surface area contributed by atoms with Gasteiger partial charge in [-0.25, -0.2) is 4.79 Å². The van der Waals surface area contributed by atoms with Crippen molar-refractivity contribution < 1.29 is 4.79 Å². The Kier molecular flexibility index (Phi) is 5.01. The molecule has 2 amide bonds. The number of hydrogen-bond acceptors (Lipinski definition) is 2. The number of carbonyl (C=O) groups excluding carboxylic acids is 1. The van der Waals surface area contributed by atoms with Gasteiger partial charge in [0.25, 0.3) is 0 Å². The number of rotatable bonds is 4. The summed E-state index contributed by atoms with van der Waals surface area (Å²) >= 11 is 0. The quantitative estimate of drug-likeness (QED) is 0.806. The van der Waals surface area contributed by atoms with Crippen LogP contribution in [0.25, 0.3) is 0 Å². The third kappa shape index (κ3) is 4.28. The summed E-state index contributed by atoms with van der Waals surface area (Å²) in [5.41, 5.74) is 7.51. The highest BCUT2D eigenvalue weighted by Gasteiger charge is 2.17. The molecule has 3 N–H and O–H groups in total. The minimum Gasteiger partial charge on any atom is -0.399 e. The van der Waals surface area contributed by atoms with Gasteiger partial charge in [0, 0.05) is 24.3 Å². The van der Waals surface area contributed by atoms with Crippen molar-refractivity contribution in [1.82, 2.24) is 10.2 Å². The van der Waals surface area contributed by atoms with E-state index in [1.807, 2.05) is 52.0 Å². The Morgan fingerprint density at radius 2 is 2.00 bits per heavy atom. The zero-order valence-corrected chi connectivity index (χ0v) is 11.6. The van der Waals surface area contributed by atoms with E-state index in [-0.39, 0.29) is 18.1 Å². The Bertz CT molecular complexity index is 402. The van der Waals surface area contributed by atoms with E-state index < -0.39 is 0 Å². The van der Waals surface area contributed by atoms with Gasteiger partial charge in [-0.2, -0.15) is 0 Å². The first-order valence-electron chi connectivity index (χ1n) is 6.31.